The molecule has 0 aromatic rings. The van der Waals surface area contributed by atoms with Gasteiger partial charge in [0.05, 0.1) is 0 Å². The van der Waals surface area contributed by atoms with Crippen molar-refractivity contribution in [1.82, 2.24) is 0 Å². The molecule has 0 heteroatoms. The van der Waals surface area contributed by atoms with Gasteiger partial charge in [-0.2, -0.15) is 0 Å². The van der Waals surface area contributed by atoms with Gasteiger partial charge in [-0.15, -0.1) is 0 Å². The molecule has 1 aliphatic rings. The van der Waals surface area contributed by atoms with Crippen molar-refractivity contribution < 1.29 is 0 Å². The van der Waals surface area contributed by atoms with Gasteiger partial charge in [0, 0.05) is 0 Å². The average molecular weight is 379 g/mol. The molecule has 0 N–H and O–H groups in total. The summed E-state index contributed by atoms with van der Waals surface area (Å²) in [5.41, 5.74) is 0. The first-order valence-electron chi connectivity index (χ1n) is 13.4. The van der Waals surface area contributed by atoms with Gasteiger partial charge in [-0.05, 0) is 18.3 Å². The van der Waals surface area contributed by atoms with Gasteiger partial charge < -0.3 is 0 Å². The number of unbranched alkanes of at least 4 members (excludes halogenated alkanes) is 10. The summed E-state index contributed by atoms with van der Waals surface area (Å²) < 4.78 is 0. The average Bonchev–Trinajstić information content (AvgIpc) is 2.72. The van der Waals surface area contributed by atoms with Crippen molar-refractivity contribution in [3.8, 4) is 0 Å². The lowest BCUT2D eigenvalue weighted by atomic mass is 9.82. The Kier molecular flexibility index (Phi) is 17.9. The summed E-state index contributed by atoms with van der Waals surface area (Å²) in [5.74, 6) is 2.11. The van der Waals surface area contributed by atoms with Gasteiger partial charge in [-0.1, -0.05) is 155 Å². The molecule has 0 aromatic heterocycles. The molecule has 0 aromatic carbocycles. The molecular formula is C27H54. The van der Waals surface area contributed by atoms with Gasteiger partial charge in [-0.25, -0.2) is 0 Å². The largest absolute Gasteiger partial charge is 0.0654 e. The summed E-state index contributed by atoms with van der Waals surface area (Å²) in [6, 6.07) is 0. The molecule has 0 heterocycles. The molecule has 0 aliphatic heterocycles. The molecule has 0 nitrogen and oxygen atoms in total. The molecule has 0 spiro atoms. The van der Waals surface area contributed by atoms with Crippen molar-refractivity contribution in [2.75, 3.05) is 0 Å². The van der Waals surface area contributed by atoms with E-state index in [0.29, 0.717) is 0 Å². The minimum absolute atomic E-state index is 1.05. The zero-order valence-electron chi connectivity index (χ0n) is 19.4. The van der Waals surface area contributed by atoms with Crippen LogP contribution < -0.4 is 0 Å². The standard InChI is InChI=1S/C27H54/c1-3-5-7-9-13-17-21-26-23-19-15-11-12-16-20-24-27(25-26)22-18-14-10-8-6-4-2/h26-27H,3-25H2,1-2H3. The Morgan fingerprint density at radius 1 is 0.444 bits per heavy atom. The zero-order chi connectivity index (χ0) is 19.4. The third kappa shape index (κ3) is 15.6. The van der Waals surface area contributed by atoms with Crippen molar-refractivity contribution in [3.63, 3.8) is 0 Å². The van der Waals surface area contributed by atoms with Crippen LogP contribution in [0.1, 0.15) is 162 Å². The topological polar surface area (TPSA) is 0 Å². The van der Waals surface area contributed by atoms with Gasteiger partial charge in [0.2, 0.25) is 0 Å². The van der Waals surface area contributed by atoms with Gasteiger partial charge in [0.1, 0.15) is 0 Å². The van der Waals surface area contributed by atoms with Crippen LogP contribution in [-0.4, -0.2) is 0 Å². The van der Waals surface area contributed by atoms with E-state index in [-0.39, 0.29) is 0 Å². The highest BCUT2D eigenvalue weighted by Crippen LogP contribution is 2.31. The Hall–Kier alpha value is 0. The Morgan fingerprint density at radius 3 is 1.26 bits per heavy atom. The van der Waals surface area contributed by atoms with Crippen LogP contribution in [0.4, 0.5) is 0 Å². The van der Waals surface area contributed by atoms with Crippen LogP contribution in [0.5, 0.6) is 0 Å². The van der Waals surface area contributed by atoms with E-state index in [4.69, 9.17) is 0 Å². The molecule has 27 heavy (non-hydrogen) atoms. The maximum Gasteiger partial charge on any atom is -0.0412 e. The van der Waals surface area contributed by atoms with Crippen molar-refractivity contribution in [2.24, 2.45) is 11.8 Å². The summed E-state index contributed by atoms with van der Waals surface area (Å²) in [7, 11) is 0. The van der Waals surface area contributed by atoms with Crippen LogP contribution in [0, 0.1) is 11.8 Å². The Bertz CT molecular complexity index is 254. The van der Waals surface area contributed by atoms with E-state index in [1.54, 1.807) is 32.1 Å². The normalized spacial score (nSPS) is 22.4. The van der Waals surface area contributed by atoms with E-state index in [9.17, 15) is 0 Å². The Balaban J connectivity index is 2.31. The van der Waals surface area contributed by atoms with Crippen LogP contribution in [0.15, 0.2) is 0 Å². The second-order valence-electron chi connectivity index (χ2n) is 9.78. The molecule has 0 bridgehead atoms. The number of rotatable bonds is 14. The van der Waals surface area contributed by atoms with Crippen LogP contribution in [0.2, 0.25) is 0 Å². The second kappa shape index (κ2) is 19.3. The first-order valence-corrected chi connectivity index (χ1v) is 13.4. The van der Waals surface area contributed by atoms with Crippen molar-refractivity contribution in [2.45, 2.75) is 162 Å². The van der Waals surface area contributed by atoms with Crippen molar-refractivity contribution >= 4 is 0 Å². The van der Waals surface area contributed by atoms with Gasteiger partial charge in [0.25, 0.3) is 0 Å². The van der Waals surface area contributed by atoms with Crippen molar-refractivity contribution in [3.05, 3.63) is 0 Å². The molecule has 1 fully saturated rings. The molecular weight excluding hydrogens is 324 g/mol. The minimum atomic E-state index is 1.05. The third-order valence-electron chi connectivity index (χ3n) is 7.07. The van der Waals surface area contributed by atoms with E-state index in [2.05, 4.69) is 13.8 Å². The molecule has 0 saturated heterocycles. The highest BCUT2D eigenvalue weighted by Gasteiger charge is 2.17. The summed E-state index contributed by atoms with van der Waals surface area (Å²) >= 11 is 0. The van der Waals surface area contributed by atoms with E-state index in [1.165, 1.54) is 116 Å². The van der Waals surface area contributed by atoms with Gasteiger partial charge >= 0.3 is 0 Å². The van der Waals surface area contributed by atoms with Crippen molar-refractivity contribution in [1.29, 1.82) is 0 Å². The fourth-order valence-corrected chi connectivity index (χ4v) is 5.23. The molecule has 1 aliphatic carbocycles. The molecule has 1 rings (SSSR count). The quantitative estimate of drug-likeness (QED) is 0.264. The van der Waals surface area contributed by atoms with Crippen LogP contribution in [0.25, 0.3) is 0 Å². The van der Waals surface area contributed by atoms with Gasteiger partial charge in [0.15, 0.2) is 0 Å². The lowest BCUT2D eigenvalue weighted by Gasteiger charge is -2.24. The molecule has 2 unspecified atom stereocenters. The zero-order valence-corrected chi connectivity index (χ0v) is 19.4. The fraction of sp³-hybridized carbons (Fsp3) is 1.00. The fourth-order valence-electron chi connectivity index (χ4n) is 5.23. The Labute approximate surface area is 173 Å². The molecule has 1 saturated carbocycles. The third-order valence-corrected chi connectivity index (χ3v) is 7.07. The van der Waals surface area contributed by atoms with E-state index in [1.807, 2.05) is 0 Å². The maximum atomic E-state index is 2.33. The number of hydrogen-bond acceptors (Lipinski definition) is 0. The highest BCUT2D eigenvalue weighted by atomic mass is 14.2. The summed E-state index contributed by atoms with van der Waals surface area (Å²) in [6.45, 7) is 4.65. The minimum Gasteiger partial charge on any atom is -0.0654 e. The van der Waals surface area contributed by atoms with E-state index >= 15 is 0 Å². The van der Waals surface area contributed by atoms with Crippen LogP contribution in [-0.2, 0) is 0 Å². The van der Waals surface area contributed by atoms with E-state index < -0.39 is 0 Å². The summed E-state index contributed by atoms with van der Waals surface area (Å²) in [5, 5.41) is 0. The Morgan fingerprint density at radius 2 is 0.815 bits per heavy atom. The predicted molar refractivity (Wildman–Crippen MR) is 125 cm³/mol. The monoisotopic (exact) mass is 378 g/mol. The summed E-state index contributed by atoms with van der Waals surface area (Å²) in [4.78, 5) is 0. The SMILES string of the molecule is CCCCCCCCC1CCCCCCCCC(CCCCCCCC)C1. The van der Waals surface area contributed by atoms with Crippen LogP contribution >= 0.6 is 0 Å². The maximum absolute atomic E-state index is 2.33. The number of hydrogen-bond donors (Lipinski definition) is 0. The first-order chi connectivity index (χ1) is 13.4. The second-order valence-corrected chi connectivity index (χ2v) is 9.78. The molecule has 162 valence electrons. The van der Waals surface area contributed by atoms with E-state index in [0.717, 1.165) is 11.8 Å². The smallest absolute Gasteiger partial charge is 0.0412 e. The van der Waals surface area contributed by atoms with Gasteiger partial charge in [-0.3, -0.25) is 0 Å². The molecule has 2 atom stereocenters. The lowest BCUT2D eigenvalue weighted by Crippen LogP contribution is -2.10. The predicted octanol–water partition coefficient (Wildman–Crippen LogP) is 10.2. The lowest BCUT2D eigenvalue weighted by molar-refractivity contribution is 0.287. The van der Waals surface area contributed by atoms with Crippen LogP contribution in [0.3, 0.4) is 0 Å². The first kappa shape index (κ1) is 25.0. The highest BCUT2D eigenvalue weighted by molar-refractivity contribution is 4.70. The molecule has 0 amide bonds. The molecule has 0 radical (unpaired) electrons. The summed E-state index contributed by atoms with van der Waals surface area (Å²) in [6.07, 6.45) is 34.4.